The van der Waals surface area contributed by atoms with E-state index in [1.54, 1.807) is 24.3 Å². The van der Waals surface area contributed by atoms with Crippen LogP contribution in [0.3, 0.4) is 0 Å². The maximum absolute atomic E-state index is 12.2. The first-order valence-electron chi connectivity index (χ1n) is 10.4. The molecule has 0 bridgehead atoms. The molecule has 0 amide bonds. The quantitative estimate of drug-likeness (QED) is 0.151. The Bertz CT molecular complexity index is 1580. The lowest BCUT2D eigenvalue weighted by atomic mass is 9.97. The van der Waals surface area contributed by atoms with Crippen molar-refractivity contribution >= 4 is 74.6 Å². The van der Waals surface area contributed by atoms with Gasteiger partial charge >= 0.3 is 0 Å². The highest BCUT2D eigenvalue weighted by Gasteiger charge is 2.36. The fourth-order valence-electron chi connectivity index (χ4n) is 5.03. The first-order chi connectivity index (χ1) is 16.4. The molecule has 34 heavy (non-hydrogen) atoms. The van der Waals surface area contributed by atoms with Crippen LogP contribution >= 0.6 is 0 Å². The zero-order valence-corrected chi connectivity index (χ0v) is 17.5. The summed E-state index contributed by atoms with van der Waals surface area (Å²) in [6, 6.07) is 13.8. The van der Waals surface area contributed by atoms with Crippen molar-refractivity contribution in [2.24, 2.45) is 5.73 Å². The number of rotatable bonds is 4. The highest BCUT2D eigenvalue weighted by atomic mass is 16.6. The first-order valence-corrected chi connectivity index (χ1v) is 10.4. The second-order valence-corrected chi connectivity index (χ2v) is 8.11. The molecule has 0 fully saturated rings. The van der Waals surface area contributed by atoms with Crippen LogP contribution in [0.4, 0.5) is 22.7 Å². The molecule has 9 nitrogen and oxygen atoms in total. The number of nitrogens with two attached hydrogens (primary N) is 1. The molecule has 0 aromatic heterocycles. The highest BCUT2D eigenvalue weighted by Crippen LogP contribution is 2.50. The molecule has 164 valence electrons. The second-order valence-electron chi connectivity index (χ2n) is 8.11. The number of benzene rings is 4. The summed E-state index contributed by atoms with van der Waals surface area (Å²) in [7, 11) is 0. The fourth-order valence-corrected chi connectivity index (χ4v) is 5.03. The van der Waals surface area contributed by atoms with E-state index in [0.717, 1.165) is 26.8 Å². The van der Waals surface area contributed by atoms with Gasteiger partial charge in [-0.15, -0.1) is 0 Å². The smallest absolute Gasteiger partial charge is 0.294 e. The summed E-state index contributed by atoms with van der Waals surface area (Å²) >= 11 is 0. The molecule has 0 radical (unpaired) electrons. The van der Waals surface area contributed by atoms with Gasteiger partial charge in [0.25, 0.3) is 11.4 Å². The minimum absolute atomic E-state index is 0.0303. The average molecular weight is 449 g/mol. The SMILES string of the molecule is N=C(N)N(c1c([N+](=O)[O-])cc2cccc3c2c1C=C3)c1c([N+](=O)[O-])cc2cccc3c2c1C=C3. The van der Waals surface area contributed by atoms with E-state index in [1.807, 2.05) is 36.4 Å². The van der Waals surface area contributed by atoms with Crippen LogP contribution in [0.5, 0.6) is 0 Å². The maximum Gasteiger partial charge on any atom is 0.294 e. The predicted octanol–water partition coefficient (Wildman–Crippen LogP) is 5.81. The molecule has 2 aliphatic carbocycles. The van der Waals surface area contributed by atoms with E-state index in [1.165, 1.54) is 12.1 Å². The Kier molecular flexibility index (Phi) is 3.88. The van der Waals surface area contributed by atoms with Gasteiger partial charge in [0.1, 0.15) is 11.4 Å². The van der Waals surface area contributed by atoms with Crippen molar-refractivity contribution in [2.75, 3.05) is 4.90 Å². The molecule has 2 aliphatic rings. The number of nitro groups is 2. The van der Waals surface area contributed by atoms with E-state index in [0.29, 0.717) is 21.9 Å². The molecular weight excluding hydrogens is 434 g/mol. The van der Waals surface area contributed by atoms with Crippen molar-refractivity contribution in [3.8, 4) is 0 Å². The van der Waals surface area contributed by atoms with Gasteiger partial charge in [0.15, 0.2) is 5.96 Å². The van der Waals surface area contributed by atoms with Gasteiger partial charge in [0, 0.05) is 23.3 Å². The number of nitrogens with zero attached hydrogens (tertiary/aromatic N) is 3. The van der Waals surface area contributed by atoms with Crippen LogP contribution in [0.25, 0.3) is 45.8 Å². The molecule has 9 heteroatoms. The monoisotopic (exact) mass is 449 g/mol. The Balaban J connectivity index is 1.78. The van der Waals surface area contributed by atoms with Crippen LogP contribution in [0, 0.1) is 25.6 Å². The number of guanidine groups is 1. The number of nitro benzene ring substituents is 2. The van der Waals surface area contributed by atoms with Crippen molar-refractivity contribution in [3.05, 3.63) is 91.0 Å². The highest BCUT2D eigenvalue weighted by molar-refractivity contribution is 6.19. The van der Waals surface area contributed by atoms with Gasteiger partial charge in [-0.1, -0.05) is 60.7 Å². The Morgan fingerprint density at radius 1 is 0.765 bits per heavy atom. The van der Waals surface area contributed by atoms with E-state index in [-0.39, 0.29) is 22.7 Å². The van der Waals surface area contributed by atoms with Gasteiger partial charge in [0.05, 0.1) is 9.85 Å². The summed E-state index contributed by atoms with van der Waals surface area (Å²) in [5, 5.41) is 35.7. The summed E-state index contributed by atoms with van der Waals surface area (Å²) in [5.41, 5.74) is 8.22. The van der Waals surface area contributed by atoms with Crippen molar-refractivity contribution < 1.29 is 9.85 Å². The Labute approximate surface area is 191 Å². The van der Waals surface area contributed by atoms with Crippen molar-refractivity contribution in [3.63, 3.8) is 0 Å². The molecule has 0 saturated carbocycles. The van der Waals surface area contributed by atoms with Gasteiger partial charge in [-0.3, -0.25) is 30.5 Å². The molecule has 0 saturated heterocycles. The van der Waals surface area contributed by atoms with E-state index in [9.17, 15) is 20.2 Å². The minimum Gasteiger partial charge on any atom is -0.369 e. The first kappa shape index (κ1) is 19.6. The topological polar surface area (TPSA) is 139 Å². The van der Waals surface area contributed by atoms with Crippen LogP contribution in [-0.4, -0.2) is 15.8 Å². The summed E-state index contributed by atoms with van der Waals surface area (Å²) in [6.07, 6.45) is 7.11. The van der Waals surface area contributed by atoms with E-state index in [2.05, 4.69) is 0 Å². The Hall–Kier alpha value is -5.05. The van der Waals surface area contributed by atoms with Gasteiger partial charge in [0.2, 0.25) is 0 Å². The zero-order chi connectivity index (χ0) is 23.7. The Morgan fingerprint density at radius 2 is 1.21 bits per heavy atom. The third kappa shape index (κ3) is 2.51. The molecule has 3 N–H and O–H groups in total. The fraction of sp³-hybridized carbons (Fsp3) is 0. The third-order valence-corrected chi connectivity index (χ3v) is 6.32. The molecule has 6 rings (SSSR count). The lowest BCUT2D eigenvalue weighted by Crippen LogP contribution is -2.34. The average Bonchev–Trinajstić information content (AvgIpc) is 3.43. The van der Waals surface area contributed by atoms with E-state index >= 15 is 0 Å². The van der Waals surface area contributed by atoms with Crippen molar-refractivity contribution in [1.29, 1.82) is 5.41 Å². The zero-order valence-electron chi connectivity index (χ0n) is 17.5. The summed E-state index contributed by atoms with van der Waals surface area (Å²) in [4.78, 5) is 24.4. The predicted molar refractivity (Wildman–Crippen MR) is 133 cm³/mol. The Morgan fingerprint density at radius 3 is 1.59 bits per heavy atom. The molecule has 0 unspecified atom stereocenters. The number of hydrogen-bond donors (Lipinski definition) is 2. The lowest BCUT2D eigenvalue weighted by molar-refractivity contribution is -0.384. The van der Waals surface area contributed by atoms with Crippen LogP contribution in [0.15, 0.2) is 48.5 Å². The standard InChI is InChI=1S/C25H15N5O4/c26-25(27)28(23-17-9-7-13-3-1-5-15(21(13)17)11-19(23)29(31)32)24-18-10-8-14-4-2-6-16(22(14)18)12-20(24)30(33)34/h1-12H,(H3,26,27). The molecule has 0 heterocycles. The molecule has 4 aromatic rings. The third-order valence-electron chi connectivity index (χ3n) is 6.32. The minimum atomic E-state index is -0.562. The number of hydrogen-bond acceptors (Lipinski definition) is 5. The molecule has 0 spiro atoms. The molecule has 0 atom stereocenters. The maximum atomic E-state index is 12.2. The number of nitrogens with one attached hydrogen (secondary N) is 1. The summed E-state index contributed by atoms with van der Waals surface area (Å²) in [6.45, 7) is 0. The summed E-state index contributed by atoms with van der Waals surface area (Å²) < 4.78 is 0. The van der Waals surface area contributed by atoms with E-state index in [4.69, 9.17) is 11.1 Å². The lowest BCUT2D eigenvalue weighted by Gasteiger charge is -2.26. The second kappa shape index (κ2) is 6.72. The molecular formula is C25H15N5O4. The summed E-state index contributed by atoms with van der Waals surface area (Å²) in [5.74, 6) is -0.562. The largest absolute Gasteiger partial charge is 0.369 e. The molecule has 0 aliphatic heterocycles. The normalized spacial score (nSPS) is 12.6. The van der Waals surface area contributed by atoms with Gasteiger partial charge in [-0.25, -0.2) is 0 Å². The molecule has 4 aromatic carbocycles. The van der Waals surface area contributed by atoms with Crippen LogP contribution in [0.1, 0.15) is 22.3 Å². The van der Waals surface area contributed by atoms with Crippen molar-refractivity contribution in [1.82, 2.24) is 0 Å². The van der Waals surface area contributed by atoms with E-state index < -0.39 is 15.8 Å². The number of anilines is 2. The van der Waals surface area contributed by atoms with Gasteiger partial charge in [-0.05, 0) is 32.7 Å². The van der Waals surface area contributed by atoms with Gasteiger partial charge in [-0.2, -0.15) is 0 Å². The van der Waals surface area contributed by atoms with Crippen LogP contribution in [0.2, 0.25) is 0 Å². The van der Waals surface area contributed by atoms with Crippen LogP contribution in [-0.2, 0) is 0 Å². The van der Waals surface area contributed by atoms with Crippen LogP contribution < -0.4 is 10.6 Å². The van der Waals surface area contributed by atoms with Crippen molar-refractivity contribution in [2.45, 2.75) is 0 Å². The van der Waals surface area contributed by atoms with Gasteiger partial charge < -0.3 is 5.73 Å².